The topological polar surface area (TPSA) is 73.1 Å². The van der Waals surface area contributed by atoms with Crippen LogP contribution in [-0.4, -0.2) is 17.1 Å². The Balaban J connectivity index is 2.20. The molecule has 2 unspecified atom stereocenters. The molecule has 0 heterocycles. The van der Waals surface area contributed by atoms with Gasteiger partial charge in [0.2, 0.25) is 0 Å². The molecule has 5 heteroatoms. The quantitative estimate of drug-likeness (QED) is 0.878. The number of halogens is 1. The highest BCUT2D eigenvalue weighted by Crippen LogP contribution is 2.28. The van der Waals surface area contributed by atoms with Crippen LogP contribution in [0, 0.1) is 23.1 Å². The van der Waals surface area contributed by atoms with Crippen LogP contribution in [-0.2, 0) is 4.79 Å². The first-order valence-corrected chi connectivity index (χ1v) is 6.31. The second-order valence-electron chi connectivity index (χ2n) is 4.78. The number of rotatable bonds is 3. The molecule has 1 saturated carbocycles. The summed E-state index contributed by atoms with van der Waals surface area (Å²) >= 11 is 0. The predicted octanol–water partition coefficient (Wildman–Crippen LogP) is 2.75. The van der Waals surface area contributed by atoms with Crippen molar-refractivity contribution in [3.63, 3.8) is 0 Å². The molecule has 1 aromatic carbocycles. The fraction of sp³-hybridized carbons (Fsp3) is 0.429. The van der Waals surface area contributed by atoms with Gasteiger partial charge in [0.25, 0.3) is 0 Å². The van der Waals surface area contributed by atoms with Gasteiger partial charge in [0.15, 0.2) is 0 Å². The molecule has 2 N–H and O–H groups in total. The van der Waals surface area contributed by atoms with E-state index in [0.29, 0.717) is 12.1 Å². The second kappa shape index (κ2) is 5.70. The van der Waals surface area contributed by atoms with Crippen molar-refractivity contribution in [2.75, 3.05) is 5.32 Å². The van der Waals surface area contributed by atoms with Crippen LogP contribution in [0.25, 0.3) is 0 Å². The predicted molar refractivity (Wildman–Crippen MR) is 68.1 cm³/mol. The van der Waals surface area contributed by atoms with E-state index < -0.39 is 17.7 Å². The van der Waals surface area contributed by atoms with E-state index in [-0.39, 0.29) is 11.6 Å². The maximum Gasteiger partial charge on any atom is 0.308 e. The van der Waals surface area contributed by atoms with Crippen molar-refractivity contribution in [1.82, 2.24) is 0 Å². The molecule has 1 aliphatic rings. The molecule has 1 aliphatic carbocycles. The first kappa shape index (κ1) is 13.3. The number of nitrogens with zero attached hydrogens (tertiary/aromatic N) is 1. The molecule has 0 amide bonds. The van der Waals surface area contributed by atoms with Crippen LogP contribution in [0.3, 0.4) is 0 Å². The molecule has 0 spiro atoms. The van der Waals surface area contributed by atoms with Gasteiger partial charge in [-0.25, -0.2) is 4.39 Å². The number of carboxylic acids is 1. The average Bonchev–Trinajstić information content (AvgIpc) is 2.41. The van der Waals surface area contributed by atoms with Gasteiger partial charge in [0, 0.05) is 6.04 Å². The Morgan fingerprint density at radius 1 is 1.42 bits per heavy atom. The molecule has 1 aromatic rings. The lowest BCUT2D eigenvalue weighted by Gasteiger charge is -2.30. The third-order valence-electron chi connectivity index (χ3n) is 3.53. The standard InChI is InChI=1S/C14H15FN2O2/c15-10-5-6-12(9(7-10)8-16)17-13-4-2-1-3-11(13)14(18)19/h5-7,11,13,17H,1-4H2,(H,18,19). The minimum absolute atomic E-state index is 0.203. The number of benzene rings is 1. The molecule has 4 nitrogen and oxygen atoms in total. The van der Waals surface area contributed by atoms with E-state index in [9.17, 15) is 14.3 Å². The second-order valence-corrected chi connectivity index (χ2v) is 4.78. The number of carboxylic acid groups (broad SMARTS) is 1. The van der Waals surface area contributed by atoms with Crippen molar-refractivity contribution >= 4 is 11.7 Å². The van der Waals surface area contributed by atoms with Crippen molar-refractivity contribution in [1.29, 1.82) is 5.26 Å². The van der Waals surface area contributed by atoms with Crippen LogP contribution >= 0.6 is 0 Å². The van der Waals surface area contributed by atoms with Crippen LogP contribution in [0.1, 0.15) is 31.2 Å². The Kier molecular flexibility index (Phi) is 4.00. The zero-order valence-electron chi connectivity index (χ0n) is 10.4. The van der Waals surface area contributed by atoms with E-state index in [4.69, 9.17) is 5.26 Å². The average molecular weight is 262 g/mol. The van der Waals surface area contributed by atoms with E-state index in [1.807, 2.05) is 6.07 Å². The summed E-state index contributed by atoms with van der Waals surface area (Å²) in [4.78, 5) is 11.2. The first-order chi connectivity index (χ1) is 9.11. The molecule has 2 rings (SSSR count). The highest BCUT2D eigenvalue weighted by Gasteiger charge is 2.31. The molecular formula is C14H15FN2O2. The number of hydrogen-bond acceptors (Lipinski definition) is 3. The number of nitrogens with one attached hydrogen (secondary N) is 1. The number of anilines is 1. The molecule has 0 bridgehead atoms. The molecule has 19 heavy (non-hydrogen) atoms. The molecule has 0 radical (unpaired) electrons. The molecule has 0 saturated heterocycles. The van der Waals surface area contributed by atoms with Crippen molar-refractivity contribution in [2.45, 2.75) is 31.7 Å². The maximum absolute atomic E-state index is 13.0. The SMILES string of the molecule is N#Cc1cc(F)ccc1NC1CCCCC1C(=O)O. The van der Waals surface area contributed by atoms with Crippen LogP contribution in [0.5, 0.6) is 0 Å². The summed E-state index contributed by atoms with van der Waals surface area (Å²) in [6.45, 7) is 0. The van der Waals surface area contributed by atoms with E-state index in [1.165, 1.54) is 12.1 Å². The highest BCUT2D eigenvalue weighted by atomic mass is 19.1. The fourth-order valence-corrected chi connectivity index (χ4v) is 2.53. The summed E-state index contributed by atoms with van der Waals surface area (Å²) < 4.78 is 13.0. The molecule has 0 aliphatic heterocycles. The number of carbonyl (C=O) groups is 1. The van der Waals surface area contributed by atoms with E-state index in [1.54, 1.807) is 0 Å². The number of nitriles is 1. The lowest BCUT2D eigenvalue weighted by atomic mass is 9.84. The smallest absolute Gasteiger partial charge is 0.308 e. The summed E-state index contributed by atoms with van der Waals surface area (Å²) in [6, 6.07) is 5.62. The Morgan fingerprint density at radius 2 is 2.16 bits per heavy atom. The Labute approximate surface area is 110 Å². The zero-order valence-corrected chi connectivity index (χ0v) is 10.4. The van der Waals surface area contributed by atoms with E-state index in [2.05, 4.69) is 5.32 Å². The lowest BCUT2D eigenvalue weighted by Crippen LogP contribution is -2.37. The summed E-state index contributed by atoms with van der Waals surface area (Å²) in [6.07, 6.45) is 3.25. The van der Waals surface area contributed by atoms with Crippen molar-refractivity contribution < 1.29 is 14.3 Å². The normalized spacial score (nSPS) is 22.5. The monoisotopic (exact) mass is 262 g/mol. The minimum atomic E-state index is -0.821. The van der Waals surface area contributed by atoms with Gasteiger partial charge in [-0.2, -0.15) is 5.26 Å². The van der Waals surface area contributed by atoms with Crippen LogP contribution < -0.4 is 5.32 Å². The van der Waals surface area contributed by atoms with Gasteiger partial charge in [-0.05, 0) is 31.0 Å². The van der Waals surface area contributed by atoms with E-state index in [0.717, 1.165) is 25.3 Å². The van der Waals surface area contributed by atoms with Gasteiger partial charge in [-0.15, -0.1) is 0 Å². The Morgan fingerprint density at radius 3 is 2.84 bits per heavy atom. The summed E-state index contributed by atoms with van der Waals surface area (Å²) in [7, 11) is 0. The van der Waals surface area contributed by atoms with Gasteiger partial charge >= 0.3 is 5.97 Å². The Bertz CT molecular complexity index is 525. The lowest BCUT2D eigenvalue weighted by molar-refractivity contribution is -0.143. The molecule has 2 atom stereocenters. The van der Waals surface area contributed by atoms with Gasteiger partial charge in [-0.3, -0.25) is 4.79 Å². The molecule has 1 fully saturated rings. The first-order valence-electron chi connectivity index (χ1n) is 6.31. The third kappa shape index (κ3) is 3.02. The van der Waals surface area contributed by atoms with Gasteiger partial charge < -0.3 is 10.4 Å². The molecule has 0 aromatic heterocycles. The van der Waals surface area contributed by atoms with Crippen LogP contribution in [0.4, 0.5) is 10.1 Å². The summed E-state index contributed by atoms with van der Waals surface area (Å²) in [5, 5.41) is 21.3. The third-order valence-corrected chi connectivity index (χ3v) is 3.53. The van der Waals surface area contributed by atoms with Crippen molar-refractivity contribution in [3.8, 4) is 6.07 Å². The zero-order chi connectivity index (χ0) is 13.8. The minimum Gasteiger partial charge on any atom is -0.481 e. The summed E-state index contributed by atoms with van der Waals surface area (Å²) in [5.74, 6) is -1.75. The van der Waals surface area contributed by atoms with Gasteiger partial charge in [0.05, 0.1) is 17.2 Å². The maximum atomic E-state index is 13.0. The summed E-state index contributed by atoms with van der Waals surface area (Å²) in [5.41, 5.74) is 0.705. The highest BCUT2D eigenvalue weighted by molar-refractivity contribution is 5.72. The molecule has 100 valence electrons. The number of hydrogen-bond donors (Lipinski definition) is 2. The van der Waals surface area contributed by atoms with Crippen LogP contribution in [0.15, 0.2) is 18.2 Å². The number of aliphatic carboxylic acids is 1. The molecular weight excluding hydrogens is 247 g/mol. The Hall–Kier alpha value is -2.09. The van der Waals surface area contributed by atoms with Gasteiger partial charge in [0.1, 0.15) is 11.9 Å². The largest absolute Gasteiger partial charge is 0.481 e. The van der Waals surface area contributed by atoms with E-state index >= 15 is 0 Å². The van der Waals surface area contributed by atoms with Crippen molar-refractivity contribution in [3.05, 3.63) is 29.6 Å². The fourth-order valence-electron chi connectivity index (χ4n) is 2.53. The van der Waals surface area contributed by atoms with Crippen molar-refractivity contribution in [2.24, 2.45) is 5.92 Å². The van der Waals surface area contributed by atoms with Crippen LogP contribution in [0.2, 0.25) is 0 Å². The van der Waals surface area contributed by atoms with Gasteiger partial charge in [-0.1, -0.05) is 12.8 Å².